The Labute approximate surface area is 318 Å². The van der Waals surface area contributed by atoms with E-state index in [1.807, 2.05) is 30.3 Å². The molecule has 0 aliphatic carbocycles. The average molecular weight is 808 g/mol. The van der Waals surface area contributed by atoms with Crippen LogP contribution in [0.2, 0.25) is 0 Å². The summed E-state index contributed by atoms with van der Waals surface area (Å²) in [6.07, 6.45) is -1.24. The molecule has 0 spiro atoms. The van der Waals surface area contributed by atoms with E-state index in [0.29, 0.717) is 5.75 Å². The molecule has 2 aromatic carbocycles. The van der Waals surface area contributed by atoms with Gasteiger partial charge in [0.1, 0.15) is 11.5 Å². The van der Waals surface area contributed by atoms with Crippen molar-refractivity contribution in [2.24, 2.45) is 0 Å². The zero-order chi connectivity index (χ0) is 40.0. The fourth-order valence-electron chi connectivity index (χ4n) is 6.02. The molecule has 2 aromatic rings. The van der Waals surface area contributed by atoms with Gasteiger partial charge in [0, 0.05) is 14.2 Å². The van der Waals surface area contributed by atoms with E-state index in [-0.39, 0.29) is 36.9 Å². The number of anilines is 1. The molecule has 2 rings (SSSR count). The van der Waals surface area contributed by atoms with E-state index in [9.17, 15) is 17.5 Å². The minimum atomic E-state index is -4.31. The summed E-state index contributed by atoms with van der Waals surface area (Å²) in [4.78, 5) is 0. The maximum absolute atomic E-state index is 14.6. The summed E-state index contributed by atoms with van der Waals surface area (Å²) in [5, 5.41) is -1.54. The van der Waals surface area contributed by atoms with Crippen molar-refractivity contribution >= 4 is 30.9 Å². The van der Waals surface area contributed by atoms with Crippen LogP contribution in [0, 0.1) is 0 Å². The van der Waals surface area contributed by atoms with Gasteiger partial charge in [0.2, 0.25) is 10.0 Å². The maximum Gasteiger partial charge on any atom is 0.346 e. The molecule has 0 saturated heterocycles. The molecule has 304 valence electrons. The first kappa shape index (κ1) is 47.2. The SMILES string of the molecule is CCC(c1ccc(OCOC)cc1)C(CC)c1ccc(OCOC)c(NS(=O)(=O)CCC(P(=O)(OC(C)C)OC(C)C)P(=O)(OC(C)C)OC(C)C)c1. The van der Waals surface area contributed by atoms with Gasteiger partial charge in [-0.25, -0.2) is 8.42 Å². The van der Waals surface area contributed by atoms with Crippen LogP contribution in [0.4, 0.5) is 5.69 Å². The highest BCUT2D eigenvalue weighted by Crippen LogP contribution is 2.73. The van der Waals surface area contributed by atoms with Crippen LogP contribution in [0.5, 0.6) is 11.5 Å². The van der Waals surface area contributed by atoms with Gasteiger partial charge in [0.15, 0.2) is 19.0 Å². The van der Waals surface area contributed by atoms with Crippen LogP contribution in [0.25, 0.3) is 0 Å². The summed E-state index contributed by atoms with van der Waals surface area (Å²) in [6, 6.07) is 13.3. The highest BCUT2D eigenvalue weighted by atomic mass is 32.2. The molecule has 53 heavy (non-hydrogen) atoms. The Morgan fingerprint density at radius 2 is 1.08 bits per heavy atom. The van der Waals surface area contributed by atoms with Crippen molar-refractivity contribution < 1.29 is 54.6 Å². The van der Waals surface area contributed by atoms with Crippen LogP contribution < -0.4 is 14.2 Å². The first-order valence-electron chi connectivity index (χ1n) is 18.2. The number of sulfonamides is 1. The van der Waals surface area contributed by atoms with Crippen LogP contribution in [-0.4, -0.2) is 71.8 Å². The minimum Gasteiger partial charge on any atom is -0.468 e. The van der Waals surface area contributed by atoms with Gasteiger partial charge in [0.25, 0.3) is 0 Å². The average Bonchev–Trinajstić information content (AvgIpc) is 3.04. The molecule has 0 heterocycles. The molecule has 1 N–H and O–H groups in total. The predicted octanol–water partition coefficient (Wildman–Crippen LogP) is 9.88. The summed E-state index contributed by atoms with van der Waals surface area (Å²) in [5.74, 6) is 0.474. The number of hydrogen-bond donors (Lipinski definition) is 1. The van der Waals surface area contributed by atoms with E-state index in [0.717, 1.165) is 24.0 Å². The summed E-state index contributed by atoms with van der Waals surface area (Å²) >= 11 is 0. The topological polar surface area (TPSA) is 154 Å². The zero-order valence-corrected chi connectivity index (χ0v) is 36.1. The van der Waals surface area contributed by atoms with Crippen molar-refractivity contribution in [1.29, 1.82) is 0 Å². The fourth-order valence-corrected chi connectivity index (χ4v) is 13.5. The molecule has 0 fully saturated rings. The van der Waals surface area contributed by atoms with E-state index >= 15 is 0 Å². The summed E-state index contributed by atoms with van der Waals surface area (Å²) in [5.41, 5.74) is 2.22. The van der Waals surface area contributed by atoms with Gasteiger partial charge in [0.05, 0.1) is 35.9 Å². The van der Waals surface area contributed by atoms with Gasteiger partial charge in [-0.2, -0.15) is 0 Å². The molecule has 0 radical (unpaired) electrons. The van der Waals surface area contributed by atoms with Gasteiger partial charge < -0.3 is 37.0 Å². The van der Waals surface area contributed by atoms with Crippen molar-refractivity contribution in [3.63, 3.8) is 0 Å². The molecule has 0 saturated carbocycles. The first-order valence-corrected chi connectivity index (χ1v) is 23.1. The van der Waals surface area contributed by atoms with Crippen molar-refractivity contribution in [3.8, 4) is 11.5 Å². The molecule has 2 atom stereocenters. The van der Waals surface area contributed by atoms with E-state index in [1.54, 1.807) is 74.6 Å². The van der Waals surface area contributed by atoms with E-state index < -0.39 is 67.2 Å². The lowest BCUT2D eigenvalue weighted by molar-refractivity contribution is 0.0510. The predicted molar refractivity (Wildman–Crippen MR) is 210 cm³/mol. The van der Waals surface area contributed by atoms with E-state index in [1.165, 1.54) is 7.11 Å². The third-order valence-electron chi connectivity index (χ3n) is 7.85. The molecule has 13 nitrogen and oxygen atoms in total. The third kappa shape index (κ3) is 14.9. The van der Waals surface area contributed by atoms with Crippen LogP contribution >= 0.6 is 15.2 Å². The normalized spacial score (nSPS) is 14.1. The van der Waals surface area contributed by atoms with Gasteiger partial charge >= 0.3 is 15.2 Å². The fraction of sp³-hybridized carbons (Fsp3) is 0.676. The monoisotopic (exact) mass is 807 g/mol. The smallest absolute Gasteiger partial charge is 0.346 e. The first-order chi connectivity index (χ1) is 24.8. The van der Waals surface area contributed by atoms with Crippen molar-refractivity contribution in [1.82, 2.24) is 0 Å². The number of benzene rings is 2. The van der Waals surface area contributed by atoms with Crippen LogP contribution in [0.1, 0.15) is 111 Å². The van der Waals surface area contributed by atoms with Crippen LogP contribution in [0.15, 0.2) is 42.5 Å². The number of nitrogens with one attached hydrogen (secondary N) is 1. The van der Waals surface area contributed by atoms with Gasteiger partial charge in [-0.1, -0.05) is 32.0 Å². The molecule has 16 heteroatoms. The highest BCUT2D eigenvalue weighted by Gasteiger charge is 2.53. The van der Waals surface area contributed by atoms with Crippen molar-refractivity contribution in [3.05, 3.63) is 53.6 Å². The molecule has 0 aliphatic heterocycles. The molecular formula is C37H63NO12P2S. The molecule has 2 unspecified atom stereocenters. The lowest BCUT2D eigenvalue weighted by Crippen LogP contribution is -2.27. The Morgan fingerprint density at radius 1 is 0.642 bits per heavy atom. The highest BCUT2D eigenvalue weighted by molar-refractivity contribution is 7.92. The summed E-state index contributed by atoms with van der Waals surface area (Å²) in [7, 11) is -9.79. The number of hydrogen-bond acceptors (Lipinski definition) is 12. The van der Waals surface area contributed by atoms with Crippen LogP contribution in [-0.2, 0) is 46.7 Å². The van der Waals surface area contributed by atoms with E-state index in [4.69, 9.17) is 37.0 Å². The summed E-state index contributed by atoms with van der Waals surface area (Å²) in [6.45, 7) is 17.6. The standard InChI is InChI=1S/C37H63NO12P2S/c1-13-33(30-15-18-32(19-16-30)45-24-43-11)34(14-2)31-17-20-36(46-25-44-12)35(23-31)38-53(41,42)22-21-37(51(39,47-26(3)4)48-27(5)6)52(40,49-28(7)8)50-29(9)10/h15-20,23,26-29,33-34,37-38H,13-14,21-22,24-25H2,1-12H3. The molecule has 0 amide bonds. The Bertz CT molecular complexity index is 1520. The number of ether oxygens (including phenoxy) is 4. The van der Waals surface area contributed by atoms with Crippen LogP contribution in [0.3, 0.4) is 0 Å². The van der Waals surface area contributed by atoms with Crippen molar-refractivity contribution in [2.45, 2.75) is 130 Å². The van der Waals surface area contributed by atoms with Crippen molar-refractivity contribution in [2.75, 3.05) is 38.3 Å². The maximum atomic E-state index is 14.6. The lowest BCUT2D eigenvalue weighted by Gasteiger charge is -2.35. The second-order valence-electron chi connectivity index (χ2n) is 13.8. The zero-order valence-electron chi connectivity index (χ0n) is 33.5. The molecule has 0 aromatic heterocycles. The Balaban J connectivity index is 2.58. The summed E-state index contributed by atoms with van der Waals surface area (Å²) < 4.78 is 105. The Kier molecular flexibility index (Phi) is 19.5. The quantitative estimate of drug-likeness (QED) is 0.0711. The largest absolute Gasteiger partial charge is 0.468 e. The Morgan fingerprint density at radius 3 is 1.51 bits per heavy atom. The minimum absolute atomic E-state index is 0.0225. The second-order valence-corrected chi connectivity index (χ2v) is 20.3. The molecule has 0 aliphatic rings. The van der Waals surface area contributed by atoms with Gasteiger partial charge in [-0.3, -0.25) is 13.9 Å². The van der Waals surface area contributed by atoms with E-state index in [2.05, 4.69) is 18.6 Å². The number of methoxy groups -OCH3 is 2. The second kappa shape index (κ2) is 21.9. The third-order valence-corrected chi connectivity index (χ3v) is 15.7. The van der Waals surface area contributed by atoms with Gasteiger partial charge in [-0.05, 0) is 122 Å². The van der Waals surface area contributed by atoms with Gasteiger partial charge in [-0.15, -0.1) is 0 Å². The lowest BCUT2D eigenvalue weighted by atomic mass is 9.78. The molecular weight excluding hydrogens is 744 g/mol. The Hall–Kier alpha value is -1.99. The number of rotatable bonds is 26. The molecule has 0 bridgehead atoms.